The highest BCUT2D eigenvalue weighted by molar-refractivity contribution is 6.22. The van der Waals surface area contributed by atoms with Crippen molar-refractivity contribution >= 4 is 34.6 Å². The monoisotopic (exact) mass is 463 g/mol. The molecule has 9 nitrogen and oxygen atoms in total. The van der Waals surface area contributed by atoms with E-state index >= 15 is 0 Å². The molecule has 0 spiro atoms. The van der Waals surface area contributed by atoms with Crippen LogP contribution in [0.5, 0.6) is 0 Å². The van der Waals surface area contributed by atoms with E-state index in [1.807, 2.05) is 18.2 Å². The van der Waals surface area contributed by atoms with Gasteiger partial charge in [0, 0.05) is 29.9 Å². The standard InChI is InChI=1S/C25H25N3O6/c29-22(27-34)9-3-1-2-6-15-10-11-20-19(12-15)16(14-26-20)13-21(25(32)33)28-23(30)17-7-4-5-8-18(17)24(28)31/h4-5,7-8,10-12,14,21,26,34H,1-3,6,9,13H2,(H,27,29)(H,32,33)/t21-/m0/s1. The summed E-state index contributed by atoms with van der Waals surface area (Å²) in [6.45, 7) is 0. The van der Waals surface area contributed by atoms with Gasteiger partial charge < -0.3 is 10.1 Å². The van der Waals surface area contributed by atoms with Crippen LogP contribution in [0.25, 0.3) is 10.9 Å². The number of unbranched alkanes of at least 4 members (excludes halogenated alkanes) is 2. The molecule has 2 heterocycles. The molecule has 0 bridgehead atoms. The maximum Gasteiger partial charge on any atom is 0.327 e. The molecule has 0 fully saturated rings. The van der Waals surface area contributed by atoms with Gasteiger partial charge in [-0.15, -0.1) is 0 Å². The Bertz CT molecular complexity index is 1230. The zero-order chi connectivity index (χ0) is 24.2. The van der Waals surface area contributed by atoms with Gasteiger partial charge in [0.2, 0.25) is 5.91 Å². The largest absolute Gasteiger partial charge is 0.480 e. The van der Waals surface area contributed by atoms with Gasteiger partial charge in [0.25, 0.3) is 11.8 Å². The van der Waals surface area contributed by atoms with Crippen LogP contribution in [-0.4, -0.2) is 49.9 Å². The lowest BCUT2D eigenvalue weighted by atomic mass is 10.00. The van der Waals surface area contributed by atoms with Crippen molar-refractivity contribution in [1.29, 1.82) is 0 Å². The van der Waals surface area contributed by atoms with Crippen LogP contribution in [0.15, 0.2) is 48.7 Å². The lowest BCUT2D eigenvalue weighted by Crippen LogP contribution is -2.46. The Balaban J connectivity index is 1.50. The predicted molar refractivity (Wildman–Crippen MR) is 122 cm³/mol. The van der Waals surface area contributed by atoms with Crippen LogP contribution in [0.2, 0.25) is 0 Å². The van der Waals surface area contributed by atoms with Crippen molar-refractivity contribution in [3.8, 4) is 0 Å². The number of hydrogen-bond acceptors (Lipinski definition) is 5. The SMILES string of the molecule is O=C(CCCCCc1ccc2[nH]cc(C[C@@H](C(=O)O)N3C(=O)c4ccccc4C3=O)c2c1)NO. The van der Waals surface area contributed by atoms with E-state index in [0.29, 0.717) is 12.0 Å². The zero-order valence-corrected chi connectivity index (χ0v) is 18.4. The lowest BCUT2D eigenvalue weighted by molar-refractivity contribution is -0.141. The van der Waals surface area contributed by atoms with Crippen molar-refractivity contribution in [2.24, 2.45) is 0 Å². The summed E-state index contributed by atoms with van der Waals surface area (Å²) >= 11 is 0. The van der Waals surface area contributed by atoms with Gasteiger partial charge in [-0.3, -0.25) is 24.5 Å². The first-order valence-corrected chi connectivity index (χ1v) is 11.1. The molecule has 34 heavy (non-hydrogen) atoms. The van der Waals surface area contributed by atoms with Gasteiger partial charge in [-0.1, -0.05) is 24.6 Å². The quantitative estimate of drug-likeness (QED) is 0.158. The molecule has 1 aliphatic heterocycles. The number of carboxylic acids is 1. The van der Waals surface area contributed by atoms with E-state index in [-0.39, 0.29) is 24.0 Å². The molecule has 0 radical (unpaired) electrons. The number of imide groups is 1. The fourth-order valence-corrected chi connectivity index (χ4v) is 4.39. The Morgan fingerprint density at radius 3 is 2.35 bits per heavy atom. The first kappa shape index (κ1) is 23.2. The summed E-state index contributed by atoms with van der Waals surface area (Å²) in [5.41, 5.74) is 4.67. The van der Waals surface area contributed by atoms with E-state index in [9.17, 15) is 24.3 Å². The van der Waals surface area contributed by atoms with E-state index < -0.39 is 29.7 Å². The van der Waals surface area contributed by atoms with Gasteiger partial charge >= 0.3 is 5.97 Å². The van der Waals surface area contributed by atoms with Gasteiger partial charge in [0.1, 0.15) is 6.04 Å². The van der Waals surface area contributed by atoms with Crippen LogP contribution in [0.3, 0.4) is 0 Å². The first-order valence-electron chi connectivity index (χ1n) is 11.1. The second kappa shape index (κ2) is 9.88. The smallest absolute Gasteiger partial charge is 0.327 e. The summed E-state index contributed by atoms with van der Waals surface area (Å²) in [6, 6.07) is 10.9. The maximum atomic E-state index is 12.8. The number of aromatic nitrogens is 1. The van der Waals surface area contributed by atoms with E-state index in [1.165, 1.54) is 12.1 Å². The molecule has 0 aliphatic carbocycles. The molecule has 1 aromatic heterocycles. The molecule has 176 valence electrons. The van der Waals surface area contributed by atoms with Crippen LogP contribution in [-0.2, 0) is 22.4 Å². The van der Waals surface area contributed by atoms with Gasteiger partial charge in [0.05, 0.1) is 11.1 Å². The van der Waals surface area contributed by atoms with Crippen molar-refractivity contribution in [1.82, 2.24) is 15.4 Å². The molecule has 1 aliphatic rings. The highest BCUT2D eigenvalue weighted by Crippen LogP contribution is 2.28. The second-order valence-electron chi connectivity index (χ2n) is 8.37. The number of nitrogens with one attached hydrogen (secondary N) is 2. The fraction of sp³-hybridized carbons (Fsp3) is 0.280. The summed E-state index contributed by atoms with van der Waals surface area (Å²) < 4.78 is 0. The van der Waals surface area contributed by atoms with Crippen LogP contribution >= 0.6 is 0 Å². The zero-order valence-electron chi connectivity index (χ0n) is 18.4. The van der Waals surface area contributed by atoms with Crippen molar-refractivity contribution in [2.75, 3.05) is 0 Å². The van der Waals surface area contributed by atoms with Crippen LogP contribution < -0.4 is 5.48 Å². The normalized spacial score (nSPS) is 13.9. The summed E-state index contributed by atoms with van der Waals surface area (Å²) in [5.74, 6) is -2.83. The molecule has 0 unspecified atom stereocenters. The number of rotatable bonds is 10. The highest BCUT2D eigenvalue weighted by Gasteiger charge is 2.42. The van der Waals surface area contributed by atoms with Crippen LogP contribution in [0, 0.1) is 0 Å². The average molecular weight is 463 g/mol. The molecular formula is C25H25N3O6. The predicted octanol–water partition coefficient (Wildman–Crippen LogP) is 3.07. The molecule has 1 atom stereocenters. The third-order valence-corrected chi connectivity index (χ3v) is 6.16. The molecule has 4 N–H and O–H groups in total. The number of aryl methyl sites for hydroxylation is 1. The minimum absolute atomic E-state index is 0.0134. The molecule has 0 saturated heterocycles. The number of benzene rings is 2. The molecule has 9 heteroatoms. The van der Waals surface area contributed by atoms with Gasteiger partial charge in [0.15, 0.2) is 0 Å². The molecule has 3 aromatic rings. The number of aromatic amines is 1. The number of fused-ring (bicyclic) bond motifs is 2. The second-order valence-corrected chi connectivity index (χ2v) is 8.37. The maximum absolute atomic E-state index is 12.8. The third-order valence-electron chi connectivity index (χ3n) is 6.16. The lowest BCUT2D eigenvalue weighted by Gasteiger charge is -2.22. The Labute approximate surface area is 195 Å². The summed E-state index contributed by atoms with van der Waals surface area (Å²) in [7, 11) is 0. The van der Waals surface area contributed by atoms with Crippen molar-refractivity contribution in [3.05, 3.63) is 70.9 Å². The highest BCUT2D eigenvalue weighted by atomic mass is 16.5. The number of aliphatic carboxylic acids is 1. The van der Waals surface area contributed by atoms with E-state index in [2.05, 4.69) is 4.98 Å². The minimum atomic E-state index is -1.33. The molecule has 3 amide bonds. The molecule has 4 rings (SSSR count). The van der Waals surface area contributed by atoms with E-state index in [0.717, 1.165) is 40.6 Å². The summed E-state index contributed by atoms with van der Waals surface area (Å²) in [4.78, 5) is 52.8. The van der Waals surface area contributed by atoms with Gasteiger partial charge in [-0.2, -0.15) is 0 Å². The van der Waals surface area contributed by atoms with Gasteiger partial charge in [-0.05, 0) is 54.7 Å². The molecular weight excluding hydrogens is 438 g/mol. The molecule has 2 aromatic carbocycles. The number of carboxylic acid groups (broad SMARTS) is 1. The summed E-state index contributed by atoms with van der Waals surface area (Å²) in [6.07, 6.45) is 5.11. The number of carbonyl (C=O) groups is 4. The topological polar surface area (TPSA) is 140 Å². The van der Waals surface area contributed by atoms with Crippen molar-refractivity contribution in [2.45, 2.75) is 44.6 Å². The number of nitrogens with zero attached hydrogens (tertiary/aromatic N) is 1. The Kier molecular flexibility index (Phi) is 6.74. The van der Waals surface area contributed by atoms with Crippen LogP contribution in [0.4, 0.5) is 0 Å². The Morgan fingerprint density at radius 2 is 1.71 bits per heavy atom. The first-order chi connectivity index (χ1) is 16.4. The third kappa shape index (κ3) is 4.55. The van der Waals surface area contributed by atoms with Gasteiger partial charge in [-0.25, -0.2) is 10.3 Å². The van der Waals surface area contributed by atoms with E-state index in [4.69, 9.17) is 5.21 Å². The summed E-state index contributed by atoms with van der Waals surface area (Å²) in [5, 5.41) is 19.3. The molecule has 0 saturated carbocycles. The van der Waals surface area contributed by atoms with Crippen molar-refractivity contribution in [3.63, 3.8) is 0 Å². The Hall–Kier alpha value is -3.98. The Morgan fingerprint density at radius 1 is 1.00 bits per heavy atom. The average Bonchev–Trinajstić information content (AvgIpc) is 3.35. The minimum Gasteiger partial charge on any atom is -0.480 e. The van der Waals surface area contributed by atoms with Crippen molar-refractivity contribution < 1.29 is 29.5 Å². The number of amides is 3. The number of H-pyrrole nitrogens is 1. The number of hydroxylamine groups is 1. The van der Waals surface area contributed by atoms with E-state index in [1.54, 1.807) is 23.8 Å². The van der Waals surface area contributed by atoms with Crippen LogP contribution in [0.1, 0.15) is 57.5 Å². The number of carbonyl (C=O) groups excluding carboxylic acids is 3. The number of hydrogen-bond donors (Lipinski definition) is 4. The fourth-order valence-electron chi connectivity index (χ4n) is 4.39.